The second kappa shape index (κ2) is 6.03. The molecule has 3 rings (SSSR count). The summed E-state index contributed by atoms with van der Waals surface area (Å²) >= 11 is 0. The first-order valence-electron chi connectivity index (χ1n) is 8.15. The minimum Gasteiger partial charge on any atom is -0.313 e. The minimum absolute atomic E-state index is 0.476. The minimum atomic E-state index is 0.476. The Morgan fingerprint density at radius 3 is 1.90 bits per heavy atom. The summed E-state index contributed by atoms with van der Waals surface area (Å²) in [5.74, 6) is 1.09. The molecule has 21 heavy (non-hydrogen) atoms. The lowest BCUT2D eigenvalue weighted by Gasteiger charge is -2.30. The van der Waals surface area contributed by atoms with Crippen LogP contribution >= 0.6 is 0 Å². The quantitative estimate of drug-likeness (QED) is 0.827. The molecule has 2 aromatic rings. The molecule has 1 aliphatic carbocycles. The third-order valence-corrected chi connectivity index (χ3v) is 4.59. The summed E-state index contributed by atoms with van der Waals surface area (Å²) in [4.78, 5) is 0. The maximum Gasteiger partial charge on any atom is 0.0258 e. The van der Waals surface area contributed by atoms with E-state index >= 15 is 0 Å². The van der Waals surface area contributed by atoms with E-state index in [9.17, 15) is 0 Å². The Morgan fingerprint density at radius 1 is 0.905 bits per heavy atom. The van der Waals surface area contributed by atoms with Gasteiger partial charge in [0.2, 0.25) is 0 Å². The molecule has 0 radical (unpaired) electrons. The van der Waals surface area contributed by atoms with Gasteiger partial charge in [-0.05, 0) is 41.1 Å². The summed E-state index contributed by atoms with van der Waals surface area (Å²) in [7, 11) is 0. The molecule has 1 atom stereocenters. The third kappa shape index (κ3) is 2.51. The van der Waals surface area contributed by atoms with Gasteiger partial charge in [0, 0.05) is 12.0 Å². The molecule has 110 valence electrons. The van der Waals surface area contributed by atoms with Crippen molar-refractivity contribution >= 4 is 0 Å². The lowest BCUT2D eigenvalue weighted by molar-refractivity contribution is 0.369. The molecule has 0 amide bonds. The van der Waals surface area contributed by atoms with E-state index in [-0.39, 0.29) is 0 Å². The molecule has 1 N–H and O–H groups in total. The molecule has 2 aromatic carbocycles. The predicted octanol–water partition coefficient (Wildman–Crippen LogP) is 4.82. The van der Waals surface area contributed by atoms with Crippen molar-refractivity contribution in [1.82, 2.24) is 5.32 Å². The smallest absolute Gasteiger partial charge is 0.0258 e. The molecule has 0 aromatic heterocycles. The Kier molecular flexibility index (Phi) is 4.12. The van der Waals surface area contributed by atoms with Crippen molar-refractivity contribution in [3.63, 3.8) is 0 Å². The summed E-state index contributed by atoms with van der Waals surface area (Å²) in [6.07, 6.45) is 1.18. The van der Waals surface area contributed by atoms with Crippen molar-refractivity contribution in [1.29, 1.82) is 0 Å². The highest BCUT2D eigenvalue weighted by atomic mass is 14.9. The second-order valence-electron chi connectivity index (χ2n) is 6.38. The Hall–Kier alpha value is -1.60. The van der Waals surface area contributed by atoms with Crippen LogP contribution in [-0.4, -0.2) is 12.6 Å². The fourth-order valence-electron chi connectivity index (χ4n) is 3.63. The Morgan fingerprint density at radius 2 is 1.43 bits per heavy atom. The van der Waals surface area contributed by atoms with Crippen molar-refractivity contribution < 1.29 is 0 Å². The van der Waals surface area contributed by atoms with Gasteiger partial charge in [-0.1, -0.05) is 69.3 Å². The molecule has 0 bridgehead atoms. The van der Waals surface area contributed by atoms with Gasteiger partial charge in [-0.15, -0.1) is 0 Å². The van der Waals surface area contributed by atoms with Gasteiger partial charge in [0.1, 0.15) is 0 Å². The van der Waals surface area contributed by atoms with E-state index in [0.29, 0.717) is 17.9 Å². The highest BCUT2D eigenvalue weighted by molar-refractivity contribution is 5.79. The van der Waals surface area contributed by atoms with Crippen LogP contribution in [0, 0.1) is 5.92 Å². The average molecular weight is 279 g/mol. The molecular formula is C20H25N. The number of hydrogen-bond donors (Lipinski definition) is 1. The number of fused-ring (bicyclic) bond motifs is 3. The van der Waals surface area contributed by atoms with Gasteiger partial charge in [-0.2, -0.15) is 0 Å². The van der Waals surface area contributed by atoms with Crippen LogP contribution in [0.25, 0.3) is 11.1 Å². The largest absolute Gasteiger partial charge is 0.313 e. The van der Waals surface area contributed by atoms with E-state index in [1.54, 1.807) is 0 Å². The SMILES string of the molecule is CCCNC(C(C)C)C1c2ccccc2-c2ccccc21. The summed E-state index contributed by atoms with van der Waals surface area (Å²) in [6.45, 7) is 7.98. The van der Waals surface area contributed by atoms with Gasteiger partial charge in [0.05, 0.1) is 0 Å². The summed E-state index contributed by atoms with van der Waals surface area (Å²) in [5.41, 5.74) is 5.81. The lowest BCUT2D eigenvalue weighted by atomic mass is 9.83. The first-order chi connectivity index (χ1) is 10.2. The fraction of sp³-hybridized carbons (Fsp3) is 0.400. The topological polar surface area (TPSA) is 12.0 Å². The van der Waals surface area contributed by atoms with Gasteiger partial charge >= 0.3 is 0 Å². The third-order valence-electron chi connectivity index (χ3n) is 4.59. The van der Waals surface area contributed by atoms with Crippen LogP contribution in [0.3, 0.4) is 0 Å². The maximum atomic E-state index is 3.79. The summed E-state index contributed by atoms with van der Waals surface area (Å²) in [6, 6.07) is 18.3. The van der Waals surface area contributed by atoms with Crippen LogP contribution in [0.1, 0.15) is 44.2 Å². The van der Waals surface area contributed by atoms with Crippen LogP contribution in [0.15, 0.2) is 48.5 Å². The average Bonchev–Trinajstić information content (AvgIpc) is 2.83. The molecule has 1 nitrogen and oxygen atoms in total. The van der Waals surface area contributed by atoms with E-state index in [1.165, 1.54) is 28.7 Å². The van der Waals surface area contributed by atoms with Crippen LogP contribution in [0.4, 0.5) is 0 Å². The monoisotopic (exact) mass is 279 g/mol. The van der Waals surface area contributed by atoms with Crippen LogP contribution in [0.2, 0.25) is 0 Å². The zero-order chi connectivity index (χ0) is 14.8. The van der Waals surface area contributed by atoms with Crippen molar-refractivity contribution in [3.05, 3.63) is 59.7 Å². The van der Waals surface area contributed by atoms with Gasteiger partial charge < -0.3 is 5.32 Å². The van der Waals surface area contributed by atoms with E-state index in [2.05, 4.69) is 74.6 Å². The van der Waals surface area contributed by atoms with Crippen molar-refractivity contribution in [3.8, 4) is 11.1 Å². The molecule has 0 saturated carbocycles. The molecule has 0 saturated heterocycles. The summed E-state index contributed by atoms with van der Waals surface area (Å²) < 4.78 is 0. The van der Waals surface area contributed by atoms with Crippen molar-refractivity contribution in [2.75, 3.05) is 6.54 Å². The molecule has 0 heterocycles. The van der Waals surface area contributed by atoms with Gasteiger partial charge in [-0.3, -0.25) is 0 Å². The maximum absolute atomic E-state index is 3.79. The summed E-state index contributed by atoms with van der Waals surface area (Å²) in [5, 5.41) is 3.79. The molecule has 1 aliphatic rings. The molecule has 1 heteroatoms. The second-order valence-corrected chi connectivity index (χ2v) is 6.38. The predicted molar refractivity (Wildman–Crippen MR) is 90.6 cm³/mol. The number of nitrogens with one attached hydrogen (secondary N) is 1. The highest BCUT2D eigenvalue weighted by Gasteiger charge is 2.34. The lowest BCUT2D eigenvalue weighted by Crippen LogP contribution is -2.39. The molecular weight excluding hydrogens is 254 g/mol. The highest BCUT2D eigenvalue weighted by Crippen LogP contribution is 2.47. The number of benzene rings is 2. The zero-order valence-electron chi connectivity index (χ0n) is 13.3. The Labute approximate surface area is 128 Å². The van der Waals surface area contributed by atoms with Gasteiger partial charge in [0.25, 0.3) is 0 Å². The van der Waals surface area contributed by atoms with Gasteiger partial charge in [-0.25, -0.2) is 0 Å². The van der Waals surface area contributed by atoms with Crippen molar-refractivity contribution in [2.45, 2.75) is 39.2 Å². The van der Waals surface area contributed by atoms with Crippen molar-refractivity contribution in [2.24, 2.45) is 5.92 Å². The number of rotatable bonds is 5. The van der Waals surface area contributed by atoms with E-state index in [1.807, 2.05) is 0 Å². The Bertz CT molecular complexity index is 569. The zero-order valence-corrected chi connectivity index (χ0v) is 13.3. The van der Waals surface area contributed by atoms with Crippen LogP contribution in [-0.2, 0) is 0 Å². The van der Waals surface area contributed by atoms with E-state index in [0.717, 1.165) is 6.54 Å². The van der Waals surface area contributed by atoms with E-state index in [4.69, 9.17) is 0 Å². The molecule has 0 spiro atoms. The fourth-order valence-corrected chi connectivity index (χ4v) is 3.63. The molecule has 0 fully saturated rings. The van der Waals surface area contributed by atoms with Crippen LogP contribution < -0.4 is 5.32 Å². The van der Waals surface area contributed by atoms with Crippen LogP contribution in [0.5, 0.6) is 0 Å². The standard InChI is InChI=1S/C20H25N/c1-4-13-21-20(14(2)3)19-17-11-7-5-9-15(17)16-10-6-8-12-18(16)19/h5-12,14,19-21H,4,13H2,1-3H3. The molecule has 1 unspecified atom stereocenters. The first-order valence-corrected chi connectivity index (χ1v) is 8.15. The molecule has 0 aliphatic heterocycles. The first kappa shape index (κ1) is 14.3. The van der Waals surface area contributed by atoms with Gasteiger partial charge in [0.15, 0.2) is 0 Å². The van der Waals surface area contributed by atoms with E-state index < -0.39 is 0 Å². The normalized spacial score (nSPS) is 15.0. The number of hydrogen-bond acceptors (Lipinski definition) is 1. The Balaban J connectivity index is 2.08.